The first-order valence-corrected chi connectivity index (χ1v) is 5.27. The summed E-state index contributed by atoms with van der Waals surface area (Å²) in [5, 5.41) is 4.26. The summed E-state index contributed by atoms with van der Waals surface area (Å²) >= 11 is 0. The van der Waals surface area contributed by atoms with Crippen LogP contribution in [0.5, 0.6) is 0 Å². The second-order valence-electron chi connectivity index (χ2n) is 3.65. The van der Waals surface area contributed by atoms with Crippen LogP contribution >= 0.6 is 0 Å². The lowest BCUT2D eigenvalue weighted by atomic mass is 10.1. The molecule has 3 heteroatoms. The first-order chi connectivity index (χ1) is 7.29. The number of aryl methyl sites for hydroxylation is 2. The van der Waals surface area contributed by atoms with Crippen LogP contribution in [0.4, 0.5) is 0 Å². The third-order valence-corrected chi connectivity index (χ3v) is 2.35. The molecule has 1 aromatic carbocycles. The molecule has 0 N–H and O–H groups in total. The summed E-state index contributed by atoms with van der Waals surface area (Å²) in [4.78, 5) is 4.10. The molecule has 0 radical (unpaired) electrons. The van der Waals surface area contributed by atoms with Crippen LogP contribution < -0.4 is 0 Å². The molecule has 0 spiro atoms. The van der Waals surface area contributed by atoms with Crippen molar-refractivity contribution in [2.24, 2.45) is 0 Å². The first kappa shape index (κ1) is 9.90. The van der Waals surface area contributed by atoms with Crippen LogP contribution in [0, 0.1) is 6.92 Å². The van der Waals surface area contributed by atoms with E-state index < -0.39 is 0 Å². The zero-order valence-corrected chi connectivity index (χ0v) is 9.14. The smallest absolute Gasteiger partial charge is 0.147 e. The number of hydrogen-bond acceptors (Lipinski definition) is 2. The van der Waals surface area contributed by atoms with Gasteiger partial charge in [0.15, 0.2) is 0 Å². The predicted molar refractivity (Wildman–Crippen MR) is 60.1 cm³/mol. The number of benzene rings is 1. The van der Waals surface area contributed by atoms with Gasteiger partial charge in [-0.1, -0.05) is 25.5 Å². The van der Waals surface area contributed by atoms with Crippen molar-refractivity contribution in [3.05, 3.63) is 42.0 Å². The molecule has 0 fully saturated rings. The van der Waals surface area contributed by atoms with Crippen molar-refractivity contribution in [3.8, 4) is 5.69 Å². The van der Waals surface area contributed by atoms with Crippen LogP contribution in [-0.2, 0) is 6.42 Å². The minimum Gasteiger partial charge on any atom is -0.221 e. The zero-order valence-electron chi connectivity index (χ0n) is 9.14. The Kier molecular flexibility index (Phi) is 2.81. The minimum atomic E-state index is 0.799. The van der Waals surface area contributed by atoms with Crippen molar-refractivity contribution in [2.75, 3.05) is 0 Å². The lowest BCUT2D eigenvalue weighted by Gasteiger charge is -2.02. The van der Waals surface area contributed by atoms with Gasteiger partial charge in [0, 0.05) is 0 Å². The molecule has 1 heterocycles. The molecule has 1 aromatic heterocycles. The van der Waals surface area contributed by atoms with Gasteiger partial charge in [0.05, 0.1) is 5.69 Å². The fraction of sp³-hybridized carbons (Fsp3) is 0.333. The Hall–Kier alpha value is -1.64. The van der Waals surface area contributed by atoms with Gasteiger partial charge in [-0.2, -0.15) is 5.10 Å². The molecule has 0 saturated heterocycles. The summed E-state index contributed by atoms with van der Waals surface area (Å²) < 4.78 is 1.80. The fourth-order valence-electron chi connectivity index (χ4n) is 1.57. The Morgan fingerprint density at radius 1 is 1.20 bits per heavy atom. The van der Waals surface area contributed by atoms with Crippen LogP contribution in [0.1, 0.15) is 24.7 Å². The third-order valence-electron chi connectivity index (χ3n) is 2.35. The van der Waals surface area contributed by atoms with Gasteiger partial charge < -0.3 is 0 Å². The average Bonchev–Trinajstić information content (AvgIpc) is 2.67. The lowest BCUT2D eigenvalue weighted by molar-refractivity contribution is 0.859. The molecule has 0 unspecified atom stereocenters. The number of nitrogens with zero attached hydrogens (tertiary/aromatic N) is 3. The van der Waals surface area contributed by atoms with Crippen molar-refractivity contribution in [2.45, 2.75) is 26.7 Å². The largest absolute Gasteiger partial charge is 0.221 e. The maximum atomic E-state index is 4.26. The van der Waals surface area contributed by atoms with E-state index in [1.54, 1.807) is 11.0 Å². The van der Waals surface area contributed by atoms with Crippen LogP contribution in [0.2, 0.25) is 0 Å². The summed E-state index contributed by atoms with van der Waals surface area (Å²) in [5.74, 6) is 0.799. The molecule has 0 aliphatic rings. The second kappa shape index (κ2) is 4.26. The Labute approximate surface area is 89.8 Å². The van der Waals surface area contributed by atoms with Gasteiger partial charge in [0.25, 0.3) is 0 Å². The molecule has 0 saturated carbocycles. The molecule has 0 bridgehead atoms. The topological polar surface area (TPSA) is 30.7 Å². The third kappa shape index (κ3) is 2.24. The van der Waals surface area contributed by atoms with Crippen molar-refractivity contribution in [3.63, 3.8) is 0 Å². The summed E-state index contributed by atoms with van der Waals surface area (Å²) in [6.45, 7) is 4.08. The fourth-order valence-corrected chi connectivity index (χ4v) is 1.57. The Balaban J connectivity index is 2.23. The standard InChI is InChI=1S/C12H15N3/c1-3-4-11-5-7-12(8-6-11)15-9-13-10(2)14-15/h5-9H,3-4H2,1-2H3. The van der Waals surface area contributed by atoms with Gasteiger partial charge in [-0.05, 0) is 31.0 Å². The lowest BCUT2D eigenvalue weighted by Crippen LogP contribution is -1.95. The molecule has 3 nitrogen and oxygen atoms in total. The van der Waals surface area contributed by atoms with Crippen molar-refractivity contribution in [1.82, 2.24) is 14.8 Å². The number of aromatic nitrogens is 3. The van der Waals surface area contributed by atoms with E-state index in [1.807, 2.05) is 6.92 Å². The second-order valence-corrected chi connectivity index (χ2v) is 3.65. The highest BCUT2D eigenvalue weighted by Crippen LogP contribution is 2.09. The average molecular weight is 201 g/mol. The highest BCUT2D eigenvalue weighted by molar-refractivity contribution is 5.33. The van der Waals surface area contributed by atoms with Crippen molar-refractivity contribution in [1.29, 1.82) is 0 Å². The highest BCUT2D eigenvalue weighted by Gasteiger charge is 1.98. The SMILES string of the molecule is CCCc1ccc(-n2cnc(C)n2)cc1. The molecular formula is C12H15N3. The Morgan fingerprint density at radius 2 is 1.93 bits per heavy atom. The van der Waals surface area contributed by atoms with Crippen LogP contribution in [-0.4, -0.2) is 14.8 Å². The van der Waals surface area contributed by atoms with Crippen LogP contribution in [0.3, 0.4) is 0 Å². The Morgan fingerprint density at radius 3 is 2.47 bits per heavy atom. The van der Waals surface area contributed by atoms with Gasteiger partial charge in [0.2, 0.25) is 0 Å². The van der Waals surface area contributed by atoms with Crippen molar-refractivity contribution >= 4 is 0 Å². The van der Waals surface area contributed by atoms with Crippen LogP contribution in [0.15, 0.2) is 30.6 Å². The minimum absolute atomic E-state index is 0.799. The highest BCUT2D eigenvalue weighted by atomic mass is 15.3. The van der Waals surface area contributed by atoms with E-state index in [0.717, 1.165) is 17.9 Å². The van der Waals surface area contributed by atoms with E-state index >= 15 is 0 Å². The predicted octanol–water partition coefficient (Wildman–Crippen LogP) is 2.53. The number of hydrogen-bond donors (Lipinski definition) is 0. The molecular weight excluding hydrogens is 186 g/mol. The normalized spacial score (nSPS) is 10.5. The van der Waals surface area contributed by atoms with E-state index in [-0.39, 0.29) is 0 Å². The summed E-state index contributed by atoms with van der Waals surface area (Å²) in [7, 11) is 0. The van der Waals surface area contributed by atoms with Gasteiger partial charge in [-0.25, -0.2) is 9.67 Å². The molecule has 2 aromatic rings. The molecule has 0 atom stereocenters. The molecule has 0 amide bonds. The van der Waals surface area contributed by atoms with E-state index in [1.165, 1.54) is 12.0 Å². The first-order valence-electron chi connectivity index (χ1n) is 5.27. The number of rotatable bonds is 3. The molecule has 15 heavy (non-hydrogen) atoms. The molecule has 78 valence electrons. The molecule has 2 rings (SSSR count). The van der Waals surface area contributed by atoms with Gasteiger partial charge in [-0.15, -0.1) is 0 Å². The van der Waals surface area contributed by atoms with Gasteiger partial charge in [0.1, 0.15) is 12.2 Å². The summed E-state index contributed by atoms with van der Waals surface area (Å²) in [5.41, 5.74) is 2.44. The van der Waals surface area contributed by atoms with Gasteiger partial charge >= 0.3 is 0 Å². The zero-order chi connectivity index (χ0) is 10.7. The van der Waals surface area contributed by atoms with Crippen molar-refractivity contribution < 1.29 is 0 Å². The van der Waals surface area contributed by atoms with Gasteiger partial charge in [-0.3, -0.25) is 0 Å². The van der Waals surface area contributed by atoms with E-state index in [9.17, 15) is 0 Å². The maximum Gasteiger partial charge on any atom is 0.147 e. The maximum absolute atomic E-state index is 4.26. The monoisotopic (exact) mass is 201 g/mol. The summed E-state index contributed by atoms with van der Waals surface area (Å²) in [6.07, 6.45) is 4.06. The van der Waals surface area contributed by atoms with E-state index in [4.69, 9.17) is 0 Å². The Bertz CT molecular complexity index is 428. The van der Waals surface area contributed by atoms with E-state index in [0.29, 0.717) is 0 Å². The summed E-state index contributed by atoms with van der Waals surface area (Å²) in [6, 6.07) is 8.46. The van der Waals surface area contributed by atoms with Crippen LogP contribution in [0.25, 0.3) is 5.69 Å². The molecule has 0 aliphatic carbocycles. The quantitative estimate of drug-likeness (QED) is 0.764. The molecule has 0 aliphatic heterocycles. The van der Waals surface area contributed by atoms with E-state index in [2.05, 4.69) is 41.3 Å².